The molecule has 40 heavy (non-hydrogen) atoms. The molecule has 0 amide bonds. The lowest BCUT2D eigenvalue weighted by Gasteiger charge is -2.28. The second-order valence-corrected chi connectivity index (χ2v) is 10.3. The van der Waals surface area contributed by atoms with Gasteiger partial charge in [-0.2, -0.15) is 4.39 Å². The van der Waals surface area contributed by atoms with E-state index in [0.29, 0.717) is 28.7 Å². The van der Waals surface area contributed by atoms with Crippen molar-refractivity contribution in [3.05, 3.63) is 95.8 Å². The third-order valence-corrected chi connectivity index (χ3v) is 6.99. The van der Waals surface area contributed by atoms with Crippen LogP contribution in [0.2, 0.25) is 0 Å². The van der Waals surface area contributed by atoms with Crippen LogP contribution in [0.1, 0.15) is 30.5 Å². The van der Waals surface area contributed by atoms with E-state index in [1.807, 2.05) is 0 Å². The van der Waals surface area contributed by atoms with Gasteiger partial charge in [0.05, 0.1) is 17.3 Å². The molecule has 0 radical (unpaired) electrons. The molecule has 0 aliphatic carbocycles. The van der Waals surface area contributed by atoms with Crippen LogP contribution in [0.15, 0.2) is 73.1 Å². The number of benzene rings is 2. The van der Waals surface area contributed by atoms with E-state index in [1.165, 1.54) is 18.3 Å². The van der Waals surface area contributed by atoms with Gasteiger partial charge in [-0.3, -0.25) is 4.55 Å². The molecular formula is C28H28F2N6O3S. The quantitative estimate of drug-likeness (QED) is 0.213. The summed E-state index contributed by atoms with van der Waals surface area (Å²) < 4.78 is 59.7. The molecule has 1 fully saturated rings. The molecule has 12 heteroatoms. The number of piperidine rings is 1. The summed E-state index contributed by atoms with van der Waals surface area (Å²) in [5.74, 6) is -1.88. The Morgan fingerprint density at radius 1 is 1.02 bits per heavy atom. The minimum Gasteiger partial charge on any atom is -0.435 e. The van der Waals surface area contributed by atoms with Gasteiger partial charge in [0.15, 0.2) is 11.6 Å². The first-order chi connectivity index (χ1) is 19.4. The molecule has 5 rings (SSSR count). The summed E-state index contributed by atoms with van der Waals surface area (Å²) >= 11 is -2.48. The largest absolute Gasteiger partial charge is 0.435 e. The van der Waals surface area contributed by atoms with Crippen molar-refractivity contribution in [3.8, 4) is 22.9 Å². The van der Waals surface area contributed by atoms with Crippen LogP contribution in [0.3, 0.4) is 0 Å². The van der Waals surface area contributed by atoms with Crippen molar-refractivity contribution < 1.29 is 22.3 Å². The van der Waals surface area contributed by atoms with Crippen LogP contribution >= 0.6 is 0 Å². The highest BCUT2D eigenvalue weighted by Gasteiger charge is 2.25. The second-order valence-electron chi connectivity index (χ2n) is 9.56. The number of ether oxygens (including phenoxy) is 1. The van der Waals surface area contributed by atoms with E-state index in [2.05, 4.69) is 37.2 Å². The molecule has 1 aliphatic rings. The minimum atomic E-state index is -2.48. The van der Waals surface area contributed by atoms with Gasteiger partial charge in [0.1, 0.15) is 0 Å². The van der Waals surface area contributed by atoms with Crippen molar-refractivity contribution >= 4 is 17.2 Å². The Bertz CT molecular complexity index is 1500. The summed E-state index contributed by atoms with van der Waals surface area (Å²) in [4.78, 5) is 13.2. The zero-order valence-electron chi connectivity index (χ0n) is 21.6. The van der Waals surface area contributed by atoms with E-state index in [-0.39, 0.29) is 17.5 Å². The lowest BCUT2D eigenvalue weighted by atomic mass is 9.98. The van der Waals surface area contributed by atoms with Crippen LogP contribution in [0, 0.1) is 17.6 Å². The van der Waals surface area contributed by atoms with E-state index in [4.69, 9.17) is 4.74 Å². The van der Waals surface area contributed by atoms with Crippen molar-refractivity contribution in [2.24, 2.45) is 5.92 Å². The molecule has 1 saturated heterocycles. The molecule has 2 unspecified atom stereocenters. The molecule has 0 saturated carbocycles. The second kappa shape index (κ2) is 12.6. The smallest absolute Gasteiger partial charge is 0.232 e. The number of nitrogens with zero attached hydrogens (tertiary/aromatic N) is 3. The first-order valence-corrected chi connectivity index (χ1v) is 13.8. The standard InChI is InChI=1S/C28H28F2N6O3S/c1-17-14-19(16-31-15-17)34-28-33-13-11-22(35-28)20-8-5-12-32-27(20)39-23-10-9-21(24(29)25(23)30)26(36-40(37)38)18-6-3-2-4-7-18/h2-13,17,19,26,31,36H,14-16H2,1H3,(H,37,38)(H,33,34,35)/t17-,19+,26?/m1/s1. The first kappa shape index (κ1) is 27.7. The SMILES string of the molecule is C[C@H]1CNC[C@@H](Nc2nccc(-c3cccnc3Oc3ccc(C(NS(=O)O)c4ccccc4)c(F)c3F)n2)C1. The van der Waals surface area contributed by atoms with Gasteiger partial charge in [0.25, 0.3) is 0 Å². The monoisotopic (exact) mass is 566 g/mol. The van der Waals surface area contributed by atoms with E-state index in [1.54, 1.807) is 54.7 Å². The van der Waals surface area contributed by atoms with Gasteiger partial charge in [-0.25, -0.2) is 28.3 Å². The Morgan fingerprint density at radius 2 is 1.85 bits per heavy atom. The minimum absolute atomic E-state index is 0.0281. The maximum Gasteiger partial charge on any atom is 0.232 e. The Kier molecular flexibility index (Phi) is 8.70. The highest BCUT2D eigenvalue weighted by molar-refractivity contribution is 7.77. The van der Waals surface area contributed by atoms with Crippen LogP contribution in [0.25, 0.3) is 11.3 Å². The number of hydrogen-bond acceptors (Lipinski definition) is 7. The fourth-order valence-electron chi connectivity index (χ4n) is 4.70. The van der Waals surface area contributed by atoms with Crippen LogP contribution in [-0.4, -0.2) is 42.8 Å². The molecule has 1 aliphatic heterocycles. The zero-order valence-corrected chi connectivity index (χ0v) is 22.4. The lowest BCUT2D eigenvalue weighted by Crippen LogP contribution is -2.42. The molecule has 0 spiro atoms. The molecule has 3 heterocycles. The summed E-state index contributed by atoms with van der Waals surface area (Å²) in [6, 6.07) is 15.2. The first-order valence-electron chi connectivity index (χ1n) is 12.7. The predicted octanol–water partition coefficient (Wildman–Crippen LogP) is 4.83. The summed E-state index contributed by atoms with van der Waals surface area (Å²) in [5.41, 5.74) is 1.29. The molecule has 2 aromatic heterocycles. The molecule has 208 valence electrons. The van der Waals surface area contributed by atoms with Gasteiger partial charge < -0.3 is 15.4 Å². The average Bonchev–Trinajstić information content (AvgIpc) is 2.95. The van der Waals surface area contributed by atoms with Crippen molar-refractivity contribution in [2.75, 3.05) is 18.4 Å². The van der Waals surface area contributed by atoms with E-state index in [0.717, 1.165) is 19.5 Å². The van der Waals surface area contributed by atoms with Gasteiger partial charge in [-0.05, 0) is 48.7 Å². The third-order valence-electron chi connectivity index (χ3n) is 6.55. The number of anilines is 1. The van der Waals surface area contributed by atoms with E-state index < -0.39 is 34.7 Å². The topological polar surface area (TPSA) is 121 Å². The Balaban J connectivity index is 1.42. The Morgan fingerprint density at radius 3 is 2.62 bits per heavy atom. The highest BCUT2D eigenvalue weighted by Crippen LogP contribution is 2.35. The van der Waals surface area contributed by atoms with Crippen molar-refractivity contribution in [1.29, 1.82) is 0 Å². The normalized spacial score (nSPS) is 18.6. The van der Waals surface area contributed by atoms with Crippen molar-refractivity contribution in [1.82, 2.24) is 25.0 Å². The summed E-state index contributed by atoms with van der Waals surface area (Å²) in [6.07, 6.45) is 4.07. The third kappa shape index (κ3) is 6.48. The van der Waals surface area contributed by atoms with Crippen LogP contribution in [0.4, 0.5) is 14.7 Å². The Hall–Kier alpha value is -3.84. The summed E-state index contributed by atoms with van der Waals surface area (Å²) in [7, 11) is 0. The number of halogens is 2. The van der Waals surface area contributed by atoms with Gasteiger partial charge in [-0.15, -0.1) is 0 Å². The maximum atomic E-state index is 15.3. The zero-order chi connectivity index (χ0) is 28.1. The Labute approximate surface area is 232 Å². The van der Waals surface area contributed by atoms with Crippen LogP contribution < -0.4 is 20.1 Å². The van der Waals surface area contributed by atoms with Gasteiger partial charge in [-0.1, -0.05) is 43.3 Å². The van der Waals surface area contributed by atoms with Crippen LogP contribution in [-0.2, 0) is 11.3 Å². The van der Waals surface area contributed by atoms with Crippen LogP contribution in [0.5, 0.6) is 11.6 Å². The fraction of sp³-hybridized carbons (Fsp3) is 0.250. The number of hydrogen-bond donors (Lipinski definition) is 4. The molecule has 4 N–H and O–H groups in total. The highest BCUT2D eigenvalue weighted by atomic mass is 32.2. The van der Waals surface area contributed by atoms with Crippen molar-refractivity contribution in [3.63, 3.8) is 0 Å². The molecule has 4 aromatic rings. The number of nitrogens with one attached hydrogen (secondary N) is 3. The van der Waals surface area contributed by atoms with Gasteiger partial charge >= 0.3 is 0 Å². The fourth-order valence-corrected chi connectivity index (χ4v) is 5.17. The summed E-state index contributed by atoms with van der Waals surface area (Å²) in [5, 5.41) is 6.73. The molecule has 2 aromatic carbocycles. The summed E-state index contributed by atoms with van der Waals surface area (Å²) in [6.45, 7) is 3.95. The van der Waals surface area contributed by atoms with E-state index >= 15 is 8.78 Å². The number of rotatable bonds is 9. The predicted molar refractivity (Wildman–Crippen MR) is 148 cm³/mol. The lowest BCUT2D eigenvalue weighted by molar-refractivity contribution is 0.377. The van der Waals surface area contributed by atoms with Gasteiger partial charge in [0.2, 0.25) is 28.9 Å². The maximum absolute atomic E-state index is 15.3. The number of pyridine rings is 1. The average molecular weight is 567 g/mol. The molecule has 0 bridgehead atoms. The van der Waals surface area contributed by atoms with Gasteiger partial charge in [0, 0.05) is 30.5 Å². The van der Waals surface area contributed by atoms with E-state index in [9.17, 15) is 8.76 Å². The number of aromatic nitrogens is 3. The van der Waals surface area contributed by atoms with Crippen molar-refractivity contribution in [2.45, 2.75) is 25.4 Å². The molecule has 4 atom stereocenters. The molecular weight excluding hydrogens is 538 g/mol. The molecule has 9 nitrogen and oxygen atoms in total.